The fourth-order valence-electron chi connectivity index (χ4n) is 3.54. The number of nitrogens with zero attached hydrogens (tertiary/aromatic N) is 1. The van der Waals surface area contributed by atoms with E-state index in [0.29, 0.717) is 12.5 Å². The lowest BCUT2D eigenvalue weighted by atomic mass is 9.99. The largest absolute Gasteiger partial charge is 0.487 e. The standard InChI is InChI=1S/C23H26N2O2/c1-17-22(25-23(27-17)20-7-3-2-4-8-20)16-26-21-9-5-6-18(14-21)10-11-19-12-13-24-15-19/h2-9,14,19,24H,10-13,15-16H2,1H3/t19-/m0/s1. The van der Waals surface area contributed by atoms with E-state index in [1.54, 1.807) is 0 Å². The van der Waals surface area contributed by atoms with Gasteiger partial charge in [-0.2, -0.15) is 0 Å². The lowest BCUT2D eigenvalue weighted by Crippen LogP contribution is -2.09. The van der Waals surface area contributed by atoms with E-state index in [-0.39, 0.29) is 0 Å². The number of hydrogen-bond acceptors (Lipinski definition) is 4. The molecule has 2 heterocycles. The summed E-state index contributed by atoms with van der Waals surface area (Å²) < 4.78 is 11.8. The number of ether oxygens (including phenoxy) is 1. The third-order valence-corrected chi connectivity index (χ3v) is 5.19. The Hall–Kier alpha value is -2.59. The van der Waals surface area contributed by atoms with Crippen LogP contribution in [0, 0.1) is 12.8 Å². The number of nitrogens with one attached hydrogen (secondary N) is 1. The van der Waals surface area contributed by atoms with Crippen molar-refractivity contribution in [2.75, 3.05) is 13.1 Å². The summed E-state index contributed by atoms with van der Waals surface area (Å²) in [5, 5.41) is 3.44. The quantitative estimate of drug-likeness (QED) is 0.658. The Kier molecular flexibility index (Phi) is 5.54. The molecule has 0 amide bonds. The number of benzene rings is 2. The Balaban J connectivity index is 1.37. The monoisotopic (exact) mass is 362 g/mol. The second kappa shape index (κ2) is 8.40. The maximum Gasteiger partial charge on any atom is 0.226 e. The summed E-state index contributed by atoms with van der Waals surface area (Å²) >= 11 is 0. The van der Waals surface area contributed by atoms with Crippen LogP contribution in [0.4, 0.5) is 0 Å². The predicted octanol–water partition coefficient (Wildman–Crippen LogP) is 4.77. The van der Waals surface area contributed by atoms with Gasteiger partial charge >= 0.3 is 0 Å². The second-order valence-electron chi connectivity index (χ2n) is 7.22. The number of aromatic nitrogens is 1. The summed E-state index contributed by atoms with van der Waals surface area (Å²) in [6.07, 6.45) is 3.63. The fraction of sp³-hybridized carbons (Fsp3) is 0.348. The predicted molar refractivity (Wildman–Crippen MR) is 107 cm³/mol. The summed E-state index contributed by atoms with van der Waals surface area (Å²) in [5.41, 5.74) is 3.16. The zero-order valence-corrected chi connectivity index (χ0v) is 15.8. The van der Waals surface area contributed by atoms with Crippen LogP contribution in [0.3, 0.4) is 0 Å². The van der Waals surface area contributed by atoms with E-state index in [4.69, 9.17) is 9.15 Å². The molecular weight excluding hydrogens is 336 g/mol. The van der Waals surface area contributed by atoms with Gasteiger partial charge in [-0.15, -0.1) is 0 Å². The molecule has 3 aromatic rings. The maximum absolute atomic E-state index is 6.00. The van der Waals surface area contributed by atoms with E-state index in [0.717, 1.165) is 48.2 Å². The van der Waals surface area contributed by atoms with Crippen molar-refractivity contribution in [3.63, 3.8) is 0 Å². The van der Waals surface area contributed by atoms with Crippen LogP contribution in [-0.2, 0) is 13.0 Å². The van der Waals surface area contributed by atoms with Crippen molar-refractivity contribution in [3.8, 4) is 17.2 Å². The third-order valence-electron chi connectivity index (χ3n) is 5.19. The number of rotatable bonds is 7. The molecule has 0 unspecified atom stereocenters. The third kappa shape index (κ3) is 4.58. The van der Waals surface area contributed by atoms with Gasteiger partial charge in [0.05, 0.1) is 0 Å². The Morgan fingerprint density at radius 3 is 2.85 bits per heavy atom. The zero-order valence-electron chi connectivity index (χ0n) is 15.8. The molecule has 4 heteroatoms. The molecule has 1 aliphatic rings. The first-order chi connectivity index (χ1) is 13.3. The van der Waals surface area contributed by atoms with Crippen molar-refractivity contribution in [1.29, 1.82) is 0 Å². The SMILES string of the molecule is Cc1oc(-c2ccccc2)nc1COc1cccc(CC[C@H]2CCNC2)c1. The highest BCUT2D eigenvalue weighted by Gasteiger charge is 2.14. The summed E-state index contributed by atoms with van der Waals surface area (Å²) in [4.78, 5) is 4.61. The highest BCUT2D eigenvalue weighted by atomic mass is 16.5. The smallest absolute Gasteiger partial charge is 0.226 e. The van der Waals surface area contributed by atoms with Crippen molar-refractivity contribution in [1.82, 2.24) is 10.3 Å². The number of aryl methyl sites for hydroxylation is 2. The minimum atomic E-state index is 0.415. The van der Waals surface area contributed by atoms with E-state index < -0.39 is 0 Å². The zero-order chi connectivity index (χ0) is 18.5. The average molecular weight is 362 g/mol. The van der Waals surface area contributed by atoms with Gasteiger partial charge in [0, 0.05) is 5.56 Å². The van der Waals surface area contributed by atoms with Gasteiger partial charge in [-0.25, -0.2) is 4.98 Å². The molecule has 0 saturated carbocycles. The highest BCUT2D eigenvalue weighted by molar-refractivity contribution is 5.53. The molecule has 1 fully saturated rings. The van der Waals surface area contributed by atoms with Crippen molar-refractivity contribution in [2.45, 2.75) is 32.8 Å². The molecule has 1 aromatic heterocycles. The molecule has 27 heavy (non-hydrogen) atoms. The van der Waals surface area contributed by atoms with E-state index in [9.17, 15) is 0 Å². The fourth-order valence-corrected chi connectivity index (χ4v) is 3.54. The van der Waals surface area contributed by atoms with Crippen LogP contribution >= 0.6 is 0 Å². The van der Waals surface area contributed by atoms with Crippen LogP contribution in [0.25, 0.3) is 11.5 Å². The minimum absolute atomic E-state index is 0.415. The van der Waals surface area contributed by atoms with Gasteiger partial charge in [-0.3, -0.25) is 0 Å². The first-order valence-corrected chi connectivity index (χ1v) is 9.72. The van der Waals surface area contributed by atoms with Crippen LogP contribution < -0.4 is 10.1 Å². The summed E-state index contributed by atoms with van der Waals surface area (Å²) in [6.45, 7) is 4.67. The van der Waals surface area contributed by atoms with Crippen LogP contribution in [0.1, 0.15) is 29.9 Å². The van der Waals surface area contributed by atoms with Gasteiger partial charge in [-0.05, 0) is 75.0 Å². The van der Waals surface area contributed by atoms with Crippen LogP contribution in [0.2, 0.25) is 0 Å². The molecule has 1 aliphatic heterocycles. The van der Waals surface area contributed by atoms with Gasteiger partial charge in [0.25, 0.3) is 0 Å². The molecule has 4 rings (SSSR count). The highest BCUT2D eigenvalue weighted by Crippen LogP contribution is 2.23. The lowest BCUT2D eigenvalue weighted by Gasteiger charge is -2.10. The van der Waals surface area contributed by atoms with Crippen LogP contribution in [0.5, 0.6) is 5.75 Å². The van der Waals surface area contributed by atoms with Gasteiger partial charge < -0.3 is 14.5 Å². The lowest BCUT2D eigenvalue weighted by molar-refractivity contribution is 0.299. The molecule has 0 aliphatic carbocycles. The Morgan fingerprint density at radius 1 is 1.15 bits per heavy atom. The molecule has 2 aromatic carbocycles. The second-order valence-corrected chi connectivity index (χ2v) is 7.22. The maximum atomic E-state index is 6.00. The Morgan fingerprint density at radius 2 is 2.04 bits per heavy atom. The van der Waals surface area contributed by atoms with Crippen LogP contribution in [-0.4, -0.2) is 18.1 Å². The molecule has 1 saturated heterocycles. The van der Waals surface area contributed by atoms with Gasteiger partial charge in [-0.1, -0.05) is 30.3 Å². The molecule has 0 spiro atoms. The van der Waals surface area contributed by atoms with Crippen molar-refractivity contribution < 1.29 is 9.15 Å². The molecular formula is C23H26N2O2. The summed E-state index contributed by atoms with van der Waals surface area (Å²) in [5.74, 6) is 3.15. The first-order valence-electron chi connectivity index (χ1n) is 9.72. The Labute approximate surface area is 160 Å². The van der Waals surface area contributed by atoms with E-state index in [1.165, 1.54) is 18.4 Å². The van der Waals surface area contributed by atoms with Crippen molar-refractivity contribution in [2.24, 2.45) is 5.92 Å². The van der Waals surface area contributed by atoms with Crippen LogP contribution in [0.15, 0.2) is 59.0 Å². The van der Waals surface area contributed by atoms with Crippen molar-refractivity contribution >= 4 is 0 Å². The molecule has 140 valence electrons. The molecule has 0 bridgehead atoms. The summed E-state index contributed by atoms with van der Waals surface area (Å²) in [7, 11) is 0. The minimum Gasteiger partial charge on any atom is -0.487 e. The molecule has 4 nitrogen and oxygen atoms in total. The average Bonchev–Trinajstić information content (AvgIpc) is 3.35. The first kappa shape index (κ1) is 17.8. The van der Waals surface area contributed by atoms with E-state index >= 15 is 0 Å². The van der Waals surface area contributed by atoms with E-state index in [2.05, 4.69) is 28.5 Å². The topological polar surface area (TPSA) is 47.3 Å². The molecule has 1 N–H and O–H groups in total. The normalized spacial score (nSPS) is 16.6. The number of oxazole rings is 1. The molecule has 0 radical (unpaired) electrons. The summed E-state index contributed by atoms with van der Waals surface area (Å²) in [6, 6.07) is 18.4. The molecule has 1 atom stereocenters. The Bertz CT molecular complexity index is 867. The van der Waals surface area contributed by atoms with Crippen molar-refractivity contribution in [3.05, 3.63) is 71.6 Å². The van der Waals surface area contributed by atoms with Gasteiger partial charge in [0.2, 0.25) is 5.89 Å². The van der Waals surface area contributed by atoms with Gasteiger partial charge in [0.1, 0.15) is 23.8 Å². The van der Waals surface area contributed by atoms with E-state index in [1.807, 2.05) is 43.3 Å². The number of hydrogen-bond donors (Lipinski definition) is 1. The van der Waals surface area contributed by atoms with Gasteiger partial charge in [0.15, 0.2) is 0 Å².